The van der Waals surface area contributed by atoms with Crippen molar-refractivity contribution in [2.75, 3.05) is 11.9 Å². The average Bonchev–Trinajstić information content (AvgIpc) is 2.94. The van der Waals surface area contributed by atoms with E-state index in [1.165, 1.54) is 5.56 Å². The molecule has 0 spiro atoms. The molecular formula is C15H16BrN5O. The zero-order chi connectivity index (χ0) is 15.4. The molecule has 0 saturated carbocycles. The van der Waals surface area contributed by atoms with E-state index in [1.54, 1.807) is 35.5 Å². The standard InChI is InChI=1S/C15H16BrN5O/c16-13-9-19-21-8-7-18-15(14(13)21)20-12(10-22)2-1-11-3-5-17-6-4-11/h3-9,12,22H,1-2,10H2,(H,18,20). The van der Waals surface area contributed by atoms with E-state index in [4.69, 9.17) is 0 Å². The summed E-state index contributed by atoms with van der Waals surface area (Å²) in [6, 6.07) is 3.90. The van der Waals surface area contributed by atoms with Crippen molar-refractivity contribution in [2.45, 2.75) is 18.9 Å². The molecule has 3 heterocycles. The maximum Gasteiger partial charge on any atom is 0.153 e. The number of pyridine rings is 1. The zero-order valence-corrected chi connectivity index (χ0v) is 13.4. The molecule has 0 aromatic carbocycles. The van der Waals surface area contributed by atoms with Gasteiger partial charge in [0, 0.05) is 24.8 Å². The van der Waals surface area contributed by atoms with E-state index < -0.39 is 0 Å². The number of aryl methyl sites for hydroxylation is 1. The van der Waals surface area contributed by atoms with Crippen molar-refractivity contribution in [1.82, 2.24) is 19.6 Å². The Hall–Kier alpha value is -1.99. The number of halogens is 1. The molecule has 0 aliphatic carbocycles. The molecule has 0 radical (unpaired) electrons. The number of aliphatic hydroxyl groups excluding tert-OH is 1. The van der Waals surface area contributed by atoms with Gasteiger partial charge in [-0.1, -0.05) is 0 Å². The molecule has 6 nitrogen and oxygen atoms in total. The van der Waals surface area contributed by atoms with E-state index in [9.17, 15) is 5.11 Å². The van der Waals surface area contributed by atoms with E-state index in [0.29, 0.717) is 5.82 Å². The molecule has 3 aromatic heterocycles. The topological polar surface area (TPSA) is 75.3 Å². The fourth-order valence-electron chi connectivity index (χ4n) is 2.31. The summed E-state index contributed by atoms with van der Waals surface area (Å²) in [5, 5.41) is 17.1. The van der Waals surface area contributed by atoms with Gasteiger partial charge in [-0.15, -0.1) is 0 Å². The van der Waals surface area contributed by atoms with Crippen molar-refractivity contribution in [3.63, 3.8) is 0 Å². The predicted molar refractivity (Wildman–Crippen MR) is 87.7 cm³/mol. The maximum atomic E-state index is 9.62. The molecule has 0 bridgehead atoms. The van der Waals surface area contributed by atoms with Gasteiger partial charge in [-0.3, -0.25) is 4.98 Å². The highest BCUT2D eigenvalue weighted by Crippen LogP contribution is 2.24. The lowest BCUT2D eigenvalue weighted by molar-refractivity contribution is 0.269. The first-order chi connectivity index (χ1) is 10.8. The van der Waals surface area contributed by atoms with Crippen LogP contribution < -0.4 is 5.32 Å². The zero-order valence-electron chi connectivity index (χ0n) is 11.9. The van der Waals surface area contributed by atoms with Crippen molar-refractivity contribution in [2.24, 2.45) is 0 Å². The summed E-state index contributed by atoms with van der Waals surface area (Å²) in [5.74, 6) is 0.709. The SMILES string of the molecule is OCC(CCc1ccncc1)Nc1nccn2ncc(Br)c12. The van der Waals surface area contributed by atoms with Crippen LogP contribution in [0, 0.1) is 0 Å². The van der Waals surface area contributed by atoms with Crippen LogP contribution in [0.2, 0.25) is 0 Å². The van der Waals surface area contributed by atoms with Crippen molar-refractivity contribution in [3.05, 3.63) is 53.2 Å². The van der Waals surface area contributed by atoms with Gasteiger partial charge in [-0.25, -0.2) is 9.50 Å². The molecule has 0 amide bonds. The fourth-order valence-corrected chi connectivity index (χ4v) is 2.77. The minimum Gasteiger partial charge on any atom is -0.394 e. The number of aliphatic hydroxyl groups is 1. The number of nitrogens with one attached hydrogen (secondary N) is 1. The van der Waals surface area contributed by atoms with Gasteiger partial charge in [0.25, 0.3) is 0 Å². The third-order valence-corrected chi connectivity index (χ3v) is 4.06. The Morgan fingerprint density at radius 2 is 2.09 bits per heavy atom. The van der Waals surface area contributed by atoms with Crippen LogP contribution in [-0.2, 0) is 6.42 Å². The molecule has 0 fully saturated rings. The van der Waals surface area contributed by atoms with E-state index >= 15 is 0 Å². The van der Waals surface area contributed by atoms with Gasteiger partial charge in [-0.05, 0) is 46.5 Å². The molecule has 2 N–H and O–H groups in total. The average molecular weight is 362 g/mol. The molecule has 3 rings (SSSR count). The summed E-state index contributed by atoms with van der Waals surface area (Å²) < 4.78 is 2.62. The van der Waals surface area contributed by atoms with Crippen LogP contribution in [-0.4, -0.2) is 37.3 Å². The van der Waals surface area contributed by atoms with Gasteiger partial charge in [0.15, 0.2) is 5.82 Å². The molecular weight excluding hydrogens is 346 g/mol. The second-order valence-electron chi connectivity index (χ2n) is 4.98. The van der Waals surface area contributed by atoms with Gasteiger partial charge in [-0.2, -0.15) is 5.10 Å². The van der Waals surface area contributed by atoms with Crippen LogP contribution in [0.3, 0.4) is 0 Å². The summed E-state index contributed by atoms with van der Waals surface area (Å²) in [4.78, 5) is 8.37. The first kappa shape index (κ1) is 14.9. The lowest BCUT2D eigenvalue weighted by Crippen LogP contribution is -2.25. The Morgan fingerprint density at radius 3 is 2.86 bits per heavy atom. The number of aromatic nitrogens is 4. The Labute approximate surface area is 136 Å². The third-order valence-electron chi connectivity index (χ3n) is 3.48. The molecule has 1 atom stereocenters. The number of anilines is 1. The molecule has 114 valence electrons. The summed E-state index contributed by atoms with van der Waals surface area (Å²) in [5.41, 5.74) is 2.07. The van der Waals surface area contributed by atoms with Gasteiger partial charge in [0.1, 0.15) is 5.52 Å². The molecule has 7 heteroatoms. The Balaban J connectivity index is 1.73. The molecule has 1 unspecified atom stereocenters. The normalized spacial score (nSPS) is 12.5. The quantitative estimate of drug-likeness (QED) is 0.704. The maximum absolute atomic E-state index is 9.62. The van der Waals surface area contributed by atoms with Crippen LogP contribution in [0.5, 0.6) is 0 Å². The summed E-state index contributed by atoms with van der Waals surface area (Å²) in [6.07, 6.45) is 10.4. The Bertz CT molecular complexity index is 746. The van der Waals surface area contributed by atoms with Crippen LogP contribution >= 0.6 is 15.9 Å². The van der Waals surface area contributed by atoms with E-state index in [-0.39, 0.29) is 12.6 Å². The first-order valence-corrected chi connectivity index (χ1v) is 7.81. The lowest BCUT2D eigenvalue weighted by atomic mass is 10.1. The molecule has 0 saturated heterocycles. The summed E-state index contributed by atoms with van der Waals surface area (Å²) >= 11 is 3.47. The predicted octanol–water partition coefficient (Wildman–Crippen LogP) is 2.29. The van der Waals surface area contributed by atoms with E-state index in [2.05, 4.69) is 36.3 Å². The summed E-state index contributed by atoms with van der Waals surface area (Å²) in [7, 11) is 0. The van der Waals surface area contributed by atoms with Crippen LogP contribution in [0.15, 0.2) is 47.6 Å². The minimum atomic E-state index is -0.0753. The molecule has 0 aliphatic heterocycles. The molecule has 22 heavy (non-hydrogen) atoms. The molecule has 0 aliphatic rings. The highest BCUT2D eigenvalue weighted by atomic mass is 79.9. The van der Waals surface area contributed by atoms with Crippen LogP contribution in [0.25, 0.3) is 5.52 Å². The van der Waals surface area contributed by atoms with Crippen LogP contribution in [0.4, 0.5) is 5.82 Å². The minimum absolute atomic E-state index is 0.0412. The number of fused-ring (bicyclic) bond motifs is 1. The van der Waals surface area contributed by atoms with Crippen molar-refractivity contribution >= 4 is 27.3 Å². The molecule has 3 aromatic rings. The largest absolute Gasteiger partial charge is 0.394 e. The Morgan fingerprint density at radius 1 is 1.27 bits per heavy atom. The van der Waals surface area contributed by atoms with E-state index in [1.807, 2.05) is 12.1 Å². The Kier molecular flexibility index (Phi) is 4.65. The highest BCUT2D eigenvalue weighted by Gasteiger charge is 2.13. The first-order valence-electron chi connectivity index (χ1n) is 7.02. The van der Waals surface area contributed by atoms with Gasteiger partial charge >= 0.3 is 0 Å². The van der Waals surface area contributed by atoms with Gasteiger partial charge in [0.2, 0.25) is 0 Å². The lowest BCUT2D eigenvalue weighted by Gasteiger charge is -2.17. The number of rotatable bonds is 6. The smallest absolute Gasteiger partial charge is 0.153 e. The third kappa shape index (κ3) is 3.26. The fraction of sp³-hybridized carbons (Fsp3) is 0.267. The monoisotopic (exact) mass is 361 g/mol. The van der Waals surface area contributed by atoms with Crippen molar-refractivity contribution < 1.29 is 5.11 Å². The van der Waals surface area contributed by atoms with Gasteiger partial charge < -0.3 is 10.4 Å². The second-order valence-corrected chi connectivity index (χ2v) is 5.83. The van der Waals surface area contributed by atoms with Crippen LogP contribution in [0.1, 0.15) is 12.0 Å². The van der Waals surface area contributed by atoms with Crippen molar-refractivity contribution in [1.29, 1.82) is 0 Å². The van der Waals surface area contributed by atoms with Crippen molar-refractivity contribution in [3.8, 4) is 0 Å². The van der Waals surface area contributed by atoms with E-state index in [0.717, 1.165) is 22.8 Å². The number of nitrogens with zero attached hydrogens (tertiary/aromatic N) is 4. The highest BCUT2D eigenvalue weighted by molar-refractivity contribution is 9.10. The number of hydrogen-bond donors (Lipinski definition) is 2. The number of hydrogen-bond acceptors (Lipinski definition) is 5. The summed E-state index contributed by atoms with van der Waals surface area (Å²) in [6.45, 7) is 0.0412. The second kappa shape index (κ2) is 6.85. The van der Waals surface area contributed by atoms with Gasteiger partial charge in [0.05, 0.1) is 23.3 Å².